The van der Waals surface area contributed by atoms with E-state index >= 15 is 0 Å². The van der Waals surface area contributed by atoms with Crippen molar-refractivity contribution < 1.29 is 19.5 Å². The number of nitrogens with zero attached hydrogens (tertiary/aromatic N) is 1. The number of carbonyl (C=O) groups is 3. The van der Waals surface area contributed by atoms with Gasteiger partial charge in [-0.1, -0.05) is 11.6 Å². The van der Waals surface area contributed by atoms with Crippen molar-refractivity contribution in [3.05, 3.63) is 28.8 Å². The summed E-state index contributed by atoms with van der Waals surface area (Å²) in [5.74, 6) is -2.11. The zero-order valence-corrected chi connectivity index (χ0v) is 13.6. The molecule has 0 aromatic heterocycles. The van der Waals surface area contributed by atoms with Gasteiger partial charge in [-0.2, -0.15) is 0 Å². The molecule has 2 atom stereocenters. The highest BCUT2D eigenvalue weighted by Crippen LogP contribution is 2.28. The van der Waals surface area contributed by atoms with E-state index in [0.29, 0.717) is 29.4 Å². The van der Waals surface area contributed by atoms with Gasteiger partial charge in [0.25, 0.3) is 5.91 Å². The standard InChI is InChI=1S/C15H18ClN3O4/c1-8(14(21)22)9(2)18-13(20)10-3-4-11(16)12(7-10)19-6-5-17-15(19)23/h3-4,7-9H,5-6H2,1-2H3,(H,17,23)(H,18,20)(H,21,22). The third kappa shape index (κ3) is 3.73. The summed E-state index contributed by atoms with van der Waals surface area (Å²) in [4.78, 5) is 36.4. The lowest BCUT2D eigenvalue weighted by atomic mass is 10.0. The summed E-state index contributed by atoms with van der Waals surface area (Å²) >= 11 is 6.11. The second kappa shape index (κ2) is 6.87. The molecule has 0 bridgehead atoms. The van der Waals surface area contributed by atoms with Crippen LogP contribution in [0.2, 0.25) is 5.02 Å². The van der Waals surface area contributed by atoms with E-state index in [-0.39, 0.29) is 6.03 Å². The number of aliphatic carboxylic acids is 1. The number of carboxylic acids is 1. The number of anilines is 1. The van der Waals surface area contributed by atoms with E-state index < -0.39 is 23.8 Å². The highest BCUT2D eigenvalue weighted by molar-refractivity contribution is 6.34. The molecule has 0 saturated carbocycles. The third-order valence-electron chi connectivity index (χ3n) is 3.85. The van der Waals surface area contributed by atoms with Gasteiger partial charge >= 0.3 is 12.0 Å². The van der Waals surface area contributed by atoms with E-state index in [0.717, 1.165) is 0 Å². The molecule has 1 aromatic carbocycles. The maximum absolute atomic E-state index is 12.3. The Balaban J connectivity index is 2.18. The molecule has 0 aliphatic carbocycles. The zero-order valence-electron chi connectivity index (χ0n) is 12.8. The minimum atomic E-state index is -0.983. The van der Waals surface area contributed by atoms with Crippen molar-refractivity contribution in [2.45, 2.75) is 19.9 Å². The van der Waals surface area contributed by atoms with Gasteiger partial charge in [0.05, 0.1) is 16.6 Å². The topological polar surface area (TPSA) is 98.7 Å². The van der Waals surface area contributed by atoms with Gasteiger partial charge in [0.1, 0.15) is 0 Å². The molecule has 1 heterocycles. The first kappa shape index (κ1) is 17.1. The lowest BCUT2D eigenvalue weighted by Crippen LogP contribution is -2.40. The largest absolute Gasteiger partial charge is 0.481 e. The number of carboxylic acid groups (broad SMARTS) is 1. The van der Waals surface area contributed by atoms with Gasteiger partial charge in [-0.25, -0.2) is 4.79 Å². The van der Waals surface area contributed by atoms with Gasteiger partial charge in [-0.15, -0.1) is 0 Å². The Morgan fingerprint density at radius 3 is 2.65 bits per heavy atom. The molecule has 7 nitrogen and oxygen atoms in total. The molecular weight excluding hydrogens is 322 g/mol. The fourth-order valence-electron chi connectivity index (χ4n) is 2.19. The van der Waals surface area contributed by atoms with Crippen molar-refractivity contribution in [1.82, 2.24) is 10.6 Å². The van der Waals surface area contributed by atoms with E-state index in [2.05, 4.69) is 10.6 Å². The molecule has 0 spiro atoms. The van der Waals surface area contributed by atoms with Gasteiger partial charge in [0, 0.05) is 24.7 Å². The average molecular weight is 340 g/mol. The van der Waals surface area contributed by atoms with E-state index in [1.54, 1.807) is 13.0 Å². The number of hydrogen-bond donors (Lipinski definition) is 3. The molecule has 1 saturated heterocycles. The van der Waals surface area contributed by atoms with Crippen molar-refractivity contribution in [3.63, 3.8) is 0 Å². The monoisotopic (exact) mass is 339 g/mol. The van der Waals surface area contributed by atoms with Crippen LogP contribution in [0.15, 0.2) is 18.2 Å². The fraction of sp³-hybridized carbons (Fsp3) is 0.400. The zero-order chi connectivity index (χ0) is 17.1. The Kier molecular flexibility index (Phi) is 5.10. The summed E-state index contributed by atoms with van der Waals surface area (Å²) in [6, 6.07) is 3.81. The molecule has 2 rings (SSSR count). The van der Waals surface area contributed by atoms with Crippen LogP contribution in [0, 0.1) is 5.92 Å². The number of urea groups is 1. The predicted molar refractivity (Wildman–Crippen MR) is 85.9 cm³/mol. The van der Waals surface area contributed by atoms with E-state index in [9.17, 15) is 14.4 Å². The average Bonchev–Trinajstić information content (AvgIpc) is 2.92. The molecule has 3 N–H and O–H groups in total. The first-order valence-corrected chi connectivity index (χ1v) is 7.57. The van der Waals surface area contributed by atoms with Gasteiger partial charge < -0.3 is 15.7 Å². The van der Waals surface area contributed by atoms with Crippen LogP contribution in [0.3, 0.4) is 0 Å². The Morgan fingerprint density at radius 2 is 2.09 bits per heavy atom. The third-order valence-corrected chi connectivity index (χ3v) is 4.17. The number of nitrogens with one attached hydrogen (secondary N) is 2. The highest BCUT2D eigenvalue weighted by Gasteiger charge is 2.25. The molecule has 1 aliphatic heterocycles. The lowest BCUT2D eigenvalue weighted by Gasteiger charge is -2.19. The Bertz CT molecular complexity index is 650. The second-order valence-electron chi connectivity index (χ2n) is 5.44. The van der Waals surface area contributed by atoms with Crippen LogP contribution >= 0.6 is 11.6 Å². The summed E-state index contributed by atoms with van der Waals surface area (Å²) in [5, 5.41) is 14.6. The minimum Gasteiger partial charge on any atom is -0.481 e. The first-order valence-electron chi connectivity index (χ1n) is 7.20. The summed E-state index contributed by atoms with van der Waals surface area (Å²) < 4.78 is 0. The Labute approximate surface area is 138 Å². The Morgan fingerprint density at radius 1 is 1.39 bits per heavy atom. The number of amides is 3. The van der Waals surface area contributed by atoms with Crippen LogP contribution in [-0.4, -0.2) is 42.1 Å². The molecular formula is C15H18ClN3O4. The van der Waals surface area contributed by atoms with Gasteiger partial charge in [0.2, 0.25) is 0 Å². The van der Waals surface area contributed by atoms with Gasteiger partial charge in [0.15, 0.2) is 0 Å². The maximum Gasteiger partial charge on any atom is 0.322 e. The number of carbonyl (C=O) groups excluding carboxylic acids is 2. The van der Waals surface area contributed by atoms with E-state index in [1.165, 1.54) is 24.0 Å². The minimum absolute atomic E-state index is 0.266. The SMILES string of the molecule is CC(NC(=O)c1ccc(Cl)c(N2CCNC2=O)c1)C(C)C(=O)O. The van der Waals surface area contributed by atoms with Crippen molar-refractivity contribution in [1.29, 1.82) is 0 Å². The fourth-order valence-corrected chi connectivity index (χ4v) is 2.41. The normalized spacial score (nSPS) is 16.7. The van der Waals surface area contributed by atoms with Crippen LogP contribution in [0.1, 0.15) is 24.2 Å². The summed E-state index contributed by atoms with van der Waals surface area (Å²) in [6.07, 6.45) is 0. The lowest BCUT2D eigenvalue weighted by molar-refractivity contribution is -0.141. The van der Waals surface area contributed by atoms with Crippen LogP contribution in [0.4, 0.5) is 10.5 Å². The second-order valence-corrected chi connectivity index (χ2v) is 5.85. The maximum atomic E-state index is 12.3. The summed E-state index contributed by atoms with van der Waals surface area (Å²) in [6.45, 7) is 4.13. The molecule has 0 radical (unpaired) electrons. The first-order chi connectivity index (χ1) is 10.8. The van der Waals surface area contributed by atoms with E-state index in [1.807, 2.05) is 0 Å². The Hall–Kier alpha value is -2.28. The molecule has 1 fully saturated rings. The van der Waals surface area contributed by atoms with Gasteiger partial charge in [-0.3, -0.25) is 14.5 Å². The number of benzene rings is 1. The molecule has 1 aliphatic rings. The quantitative estimate of drug-likeness (QED) is 0.760. The van der Waals surface area contributed by atoms with Crippen molar-refractivity contribution >= 4 is 35.2 Å². The highest BCUT2D eigenvalue weighted by atomic mass is 35.5. The molecule has 23 heavy (non-hydrogen) atoms. The molecule has 2 unspecified atom stereocenters. The number of halogens is 1. The summed E-state index contributed by atoms with van der Waals surface area (Å²) in [7, 11) is 0. The van der Waals surface area contributed by atoms with Crippen molar-refractivity contribution in [2.24, 2.45) is 5.92 Å². The smallest absolute Gasteiger partial charge is 0.322 e. The van der Waals surface area contributed by atoms with Crippen LogP contribution < -0.4 is 15.5 Å². The van der Waals surface area contributed by atoms with Crippen molar-refractivity contribution in [3.8, 4) is 0 Å². The number of hydrogen-bond acceptors (Lipinski definition) is 3. The van der Waals surface area contributed by atoms with E-state index in [4.69, 9.17) is 16.7 Å². The predicted octanol–water partition coefficient (Wildman–Crippen LogP) is 1.71. The van der Waals surface area contributed by atoms with Crippen LogP contribution in [0.5, 0.6) is 0 Å². The molecule has 1 aromatic rings. The van der Waals surface area contributed by atoms with Crippen molar-refractivity contribution in [2.75, 3.05) is 18.0 Å². The number of rotatable bonds is 5. The molecule has 124 valence electrons. The molecule has 8 heteroatoms. The van der Waals surface area contributed by atoms with Crippen LogP contribution in [0.25, 0.3) is 0 Å². The summed E-state index contributed by atoms with van der Waals surface area (Å²) in [5.41, 5.74) is 0.766. The van der Waals surface area contributed by atoms with Crippen LogP contribution in [-0.2, 0) is 4.79 Å². The molecule has 3 amide bonds. The van der Waals surface area contributed by atoms with Gasteiger partial charge in [-0.05, 0) is 32.0 Å².